The summed E-state index contributed by atoms with van der Waals surface area (Å²) in [5, 5.41) is 8.96. The van der Waals surface area contributed by atoms with Crippen molar-refractivity contribution in [2.24, 2.45) is 0 Å². The lowest BCUT2D eigenvalue weighted by atomic mass is 10.3. The first-order valence-electron chi connectivity index (χ1n) is 3.55. The number of ether oxygens (including phenoxy) is 1. The van der Waals surface area contributed by atoms with E-state index in [9.17, 15) is 4.79 Å². The van der Waals surface area contributed by atoms with Crippen LogP contribution in [0.3, 0.4) is 0 Å². The second-order valence-electron chi connectivity index (χ2n) is 2.15. The molecular formula is C8H10ClNO3. The molecule has 1 heterocycles. The molecule has 0 fully saturated rings. The lowest BCUT2D eigenvalue weighted by molar-refractivity contribution is 0.0525. The standard InChI is InChI=1S/C8H9NO3.ClH/c1-2-12-8(11)6-3-7(10)5-9-4-6;/h3-5,10H,2H2,1H3;1H. The molecule has 0 amide bonds. The van der Waals surface area contributed by atoms with Crippen LogP contribution in [0.5, 0.6) is 5.75 Å². The van der Waals surface area contributed by atoms with E-state index >= 15 is 0 Å². The van der Waals surface area contributed by atoms with E-state index in [-0.39, 0.29) is 23.7 Å². The molecule has 0 saturated carbocycles. The fraction of sp³-hybridized carbons (Fsp3) is 0.250. The van der Waals surface area contributed by atoms with Gasteiger partial charge in [-0.25, -0.2) is 4.79 Å². The van der Waals surface area contributed by atoms with Crippen LogP contribution in [-0.2, 0) is 4.74 Å². The lowest BCUT2D eigenvalue weighted by Gasteiger charge is -2.00. The molecule has 0 saturated heterocycles. The van der Waals surface area contributed by atoms with Crippen molar-refractivity contribution in [2.75, 3.05) is 6.61 Å². The Balaban J connectivity index is 0.00000144. The lowest BCUT2D eigenvalue weighted by Crippen LogP contribution is -2.04. The number of hydrogen-bond donors (Lipinski definition) is 1. The molecule has 1 N–H and O–H groups in total. The molecule has 0 bridgehead atoms. The van der Waals surface area contributed by atoms with Crippen LogP contribution in [0.1, 0.15) is 17.3 Å². The van der Waals surface area contributed by atoms with Gasteiger partial charge in [-0.3, -0.25) is 4.98 Å². The number of carbonyl (C=O) groups is 1. The zero-order valence-electron chi connectivity index (χ0n) is 7.06. The molecule has 0 radical (unpaired) electrons. The Morgan fingerprint density at radius 3 is 2.85 bits per heavy atom. The fourth-order valence-electron chi connectivity index (χ4n) is 0.754. The number of pyridine rings is 1. The van der Waals surface area contributed by atoms with E-state index in [0.717, 1.165) is 0 Å². The van der Waals surface area contributed by atoms with Gasteiger partial charge in [0.15, 0.2) is 0 Å². The number of carbonyl (C=O) groups excluding carboxylic acids is 1. The van der Waals surface area contributed by atoms with Gasteiger partial charge in [0.05, 0.1) is 18.4 Å². The molecule has 1 rings (SSSR count). The van der Waals surface area contributed by atoms with Crippen molar-refractivity contribution in [1.82, 2.24) is 4.98 Å². The Morgan fingerprint density at radius 2 is 2.31 bits per heavy atom. The summed E-state index contributed by atoms with van der Waals surface area (Å²) >= 11 is 0. The topological polar surface area (TPSA) is 59.4 Å². The summed E-state index contributed by atoms with van der Waals surface area (Å²) in [5.74, 6) is -0.513. The molecule has 0 spiro atoms. The Labute approximate surface area is 82.0 Å². The zero-order valence-corrected chi connectivity index (χ0v) is 7.87. The summed E-state index contributed by atoms with van der Waals surface area (Å²) in [6.45, 7) is 2.03. The molecule has 4 nitrogen and oxygen atoms in total. The van der Waals surface area contributed by atoms with E-state index in [1.54, 1.807) is 6.92 Å². The van der Waals surface area contributed by atoms with Gasteiger partial charge in [-0.2, -0.15) is 0 Å². The van der Waals surface area contributed by atoms with Gasteiger partial charge < -0.3 is 9.84 Å². The van der Waals surface area contributed by atoms with Gasteiger partial charge in [0.1, 0.15) is 5.75 Å². The number of halogens is 1. The van der Waals surface area contributed by atoms with Gasteiger partial charge in [0.25, 0.3) is 0 Å². The molecule has 0 aliphatic heterocycles. The van der Waals surface area contributed by atoms with E-state index in [1.807, 2.05) is 0 Å². The Morgan fingerprint density at radius 1 is 1.62 bits per heavy atom. The normalized spacial score (nSPS) is 8.69. The third kappa shape index (κ3) is 3.29. The SMILES string of the molecule is CCOC(=O)c1cncc(O)c1.Cl. The highest BCUT2D eigenvalue weighted by Gasteiger charge is 2.06. The average Bonchev–Trinajstić information content (AvgIpc) is 2.05. The smallest absolute Gasteiger partial charge is 0.339 e. The third-order valence-corrected chi connectivity index (χ3v) is 1.23. The summed E-state index contributed by atoms with van der Waals surface area (Å²) in [6, 6.07) is 1.31. The number of esters is 1. The highest BCUT2D eigenvalue weighted by molar-refractivity contribution is 5.89. The maximum atomic E-state index is 11.0. The van der Waals surface area contributed by atoms with Gasteiger partial charge in [-0.05, 0) is 13.0 Å². The maximum absolute atomic E-state index is 11.0. The van der Waals surface area contributed by atoms with Crippen LogP contribution in [0, 0.1) is 0 Å². The van der Waals surface area contributed by atoms with Crippen molar-refractivity contribution in [2.45, 2.75) is 6.92 Å². The number of hydrogen-bond acceptors (Lipinski definition) is 4. The zero-order chi connectivity index (χ0) is 8.97. The molecule has 1 aromatic rings. The average molecular weight is 204 g/mol. The van der Waals surface area contributed by atoms with Crippen molar-refractivity contribution >= 4 is 18.4 Å². The summed E-state index contributed by atoms with van der Waals surface area (Å²) in [4.78, 5) is 14.7. The highest BCUT2D eigenvalue weighted by Crippen LogP contribution is 2.09. The van der Waals surface area contributed by atoms with Crippen molar-refractivity contribution in [3.05, 3.63) is 24.0 Å². The van der Waals surface area contributed by atoms with Crippen molar-refractivity contribution in [3.8, 4) is 5.75 Å². The largest absolute Gasteiger partial charge is 0.506 e. The molecule has 5 heteroatoms. The van der Waals surface area contributed by atoms with Crippen LogP contribution in [0.2, 0.25) is 0 Å². The minimum absolute atomic E-state index is 0. The van der Waals surface area contributed by atoms with Gasteiger partial charge in [0, 0.05) is 6.20 Å². The Kier molecular flexibility index (Phi) is 4.84. The molecular weight excluding hydrogens is 194 g/mol. The second kappa shape index (κ2) is 5.37. The highest BCUT2D eigenvalue weighted by atomic mass is 35.5. The third-order valence-electron chi connectivity index (χ3n) is 1.23. The number of nitrogens with zero attached hydrogens (tertiary/aromatic N) is 1. The molecule has 0 aliphatic carbocycles. The summed E-state index contributed by atoms with van der Waals surface area (Å²) in [7, 11) is 0. The summed E-state index contributed by atoms with van der Waals surface area (Å²) in [6.07, 6.45) is 2.60. The van der Waals surface area contributed by atoms with Crippen LogP contribution in [-0.4, -0.2) is 22.7 Å². The molecule has 0 aromatic carbocycles. The predicted octanol–water partition coefficient (Wildman–Crippen LogP) is 1.39. The summed E-state index contributed by atoms with van der Waals surface area (Å²) < 4.78 is 4.69. The first-order valence-corrected chi connectivity index (χ1v) is 3.55. The van der Waals surface area contributed by atoms with Crippen LogP contribution >= 0.6 is 12.4 Å². The van der Waals surface area contributed by atoms with Gasteiger partial charge in [0.2, 0.25) is 0 Å². The van der Waals surface area contributed by atoms with Crippen LogP contribution in [0.25, 0.3) is 0 Å². The number of aromatic nitrogens is 1. The van der Waals surface area contributed by atoms with Crippen LogP contribution in [0.4, 0.5) is 0 Å². The van der Waals surface area contributed by atoms with E-state index in [2.05, 4.69) is 4.98 Å². The fourth-order valence-corrected chi connectivity index (χ4v) is 0.754. The van der Waals surface area contributed by atoms with Crippen molar-refractivity contribution in [3.63, 3.8) is 0 Å². The quantitative estimate of drug-likeness (QED) is 0.738. The maximum Gasteiger partial charge on any atom is 0.339 e. The molecule has 0 unspecified atom stereocenters. The molecule has 1 aromatic heterocycles. The Hall–Kier alpha value is -1.29. The van der Waals surface area contributed by atoms with Gasteiger partial charge in [-0.15, -0.1) is 12.4 Å². The van der Waals surface area contributed by atoms with Crippen molar-refractivity contribution in [1.29, 1.82) is 0 Å². The predicted molar refractivity (Wildman–Crippen MR) is 49.1 cm³/mol. The first-order chi connectivity index (χ1) is 5.74. The number of aromatic hydroxyl groups is 1. The number of rotatable bonds is 2. The molecule has 0 aliphatic rings. The van der Waals surface area contributed by atoms with E-state index < -0.39 is 5.97 Å². The van der Waals surface area contributed by atoms with Crippen LogP contribution < -0.4 is 0 Å². The molecule has 72 valence electrons. The summed E-state index contributed by atoms with van der Waals surface area (Å²) in [5.41, 5.74) is 0.261. The van der Waals surface area contributed by atoms with Gasteiger partial charge in [-0.1, -0.05) is 0 Å². The second-order valence-corrected chi connectivity index (χ2v) is 2.15. The van der Waals surface area contributed by atoms with E-state index in [1.165, 1.54) is 18.5 Å². The minimum Gasteiger partial charge on any atom is -0.506 e. The monoisotopic (exact) mass is 203 g/mol. The Bertz CT molecular complexity index is 290. The van der Waals surface area contributed by atoms with Crippen LogP contribution in [0.15, 0.2) is 18.5 Å². The van der Waals surface area contributed by atoms with Crippen molar-refractivity contribution < 1.29 is 14.6 Å². The minimum atomic E-state index is -0.471. The first kappa shape index (κ1) is 11.7. The van der Waals surface area contributed by atoms with Gasteiger partial charge >= 0.3 is 5.97 Å². The van der Waals surface area contributed by atoms with E-state index in [0.29, 0.717) is 6.61 Å². The molecule has 0 atom stereocenters. The molecule has 13 heavy (non-hydrogen) atoms. The van der Waals surface area contributed by atoms with E-state index in [4.69, 9.17) is 9.84 Å².